The third kappa shape index (κ3) is 2.21. The molecule has 0 spiro atoms. The van der Waals surface area contributed by atoms with Crippen LogP contribution in [-0.4, -0.2) is 24.8 Å². The Morgan fingerprint density at radius 1 is 1.69 bits per heavy atom. The van der Waals surface area contributed by atoms with Crippen LogP contribution in [0.4, 0.5) is 0 Å². The maximum Gasteiger partial charge on any atom is 0.112 e. The van der Waals surface area contributed by atoms with E-state index >= 15 is 0 Å². The van der Waals surface area contributed by atoms with E-state index in [4.69, 9.17) is 16.4 Å². The van der Waals surface area contributed by atoms with Crippen molar-refractivity contribution in [2.75, 3.05) is 13.2 Å². The molecule has 0 atom stereocenters. The third-order valence-electron chi connectivity index (χ3n) is 2.30. The lowest BCUT2D eigenvalue weighted by Gasteiger charge is -2.42. The van der Waals surface area contributed by atoms with Gasteiger partial charge in [-0.2, -0.15) is 5.26 Å². The Morgan fingerprint density at radius 2 is 2.38 bits per heavy atom. The van der Waals surface area contributed by atoms with Gasteiger partial charge in [0.2, 0.25) is 0 Å². The van der Waals surface area contributed by atoms with Crippen LogP contribution in [0.3, 0.4) is 0 Å². The van der Waals surface area contributed by atoms with Crippen molar-refractivity contribution in [3.8, 4) is 18.4 Å². The first-order chi connectivity index (χ1) is 6.26. The Kier molecular flexibility index (Phi) is 3.31. The monoisotopic (exact) mass is 178 g/mol. The summed E-state index contributed by atoms with van der Waals surface area (Å²) >= 11 is 0. The van der Waals surface area contributed by atoms with E-state index in [1.807, 2.05) is 6.92 Å². The van der Waals surface area contributed by atoms with Gasteiger partial charge in [0.25, 0.3) is 0 Å². The van der Waals surface area contributed by atoms with E-state index in [0.717, 1.165) is 12.8 Å². The summed E-state index contributed by atoms with van der Waals surface area (Å²) in [5, 5.41) is 12.0. The highest BCUT2D eigenvalue weighted by Crippen LogP contribution is 2.33. The van der Waals surface area contributed by atoms with Crippen LogP contribution in [0.5, 0.6) is 0 Å². The van der Waals surface area contributed by atoms with E-state index in [1.165, 1.54) is 0 Å². The molecule has 0 saturated heterocycles. The Bertz CT molecular complexity index is 243. The van der Waals surface area contributed by atoms with Crippen molar-refractivity contribution < 1.29 is 4.74 Å². The standard InChI is InChI=1S/C10H14N2O/c1-3-5-12-10(8-11)6-9(7-10)13-4-2/h1,9,12H,4-7H2,2H3. The Balaban J connectivity index is 2.34. The van der Waals surface area contributed by atoms with E-state index in [0.29, 0.717) is 13.2 Å². The molecule has 1 aliphatic carbocycles. The minimum Gasteiger partial charge on any atom is -0.378 e. The average Bonchev–Trinajstić information content (AvgIpc) is 2.09. The molecule has 0 bridgehead atoms. The number of nitrogens with zero attached hydrogens (tertiary/aromatic N) is 1. The van der Waals surface area contributed by atoms with Gasteiger partial charge < -0.3 is 4.74 Å². The third-order valence-corrected chi connectivity index (χ3v) is 2.30. The minimum absolute atomic E-state index is 0.231. The van der Waals surface area contributed by atoms with Gasteiger partial charge in [-0.1, -0.05) is 5.92 Å². The first-order valence-electron chi connectivity index (χ1n) is 4.47. The fourth-order valence-corrected chi connectivity index (χ4v) is 1.57. The molecule has 0 unspecified atom stereocenters. The summed E-state index contributed by atoms with van der Waals surface area (Å²) in [4.78, 5) is 0. The van der Waals surface area contributed by atoms with Crippen LogP contribution in [0.1, 0.15) is 19.8 Å². The predicted molar refractivity (Wildman–Crippen MR) is 49.8 cm³/mol. The quantitative estimate of drug-likeness (QED) is 0.643. The number of hydrogen-bond acceptors (Lipinski definition) is 3. The van der Waals surface area contributed by atoms with Gasteiger partial charge in [0.1, 0.15) is 5.54 Å². The van der Waals surface area contributed by atoms with Gasteiger partial charge in [-0.05, 0) is 6.92 Å². The lowest BCUT2D eigenvalue weighted by Crippen LogP contribution is -2.57. The summed E-state index contributed by atoms with van der Waals surface area (Å²) in [5.74, 6) is 2.47. The zero-order valence-electron chi connectivity index (χ0n) is 7.84. The molecule has 1 N–H and O–H groups in total. The van der Waals surface area contributed by atoms with Gasteiger partial charge in [-0.3, -0.25) is 5.32 Å². The fraction of sp³-hybridized carbons (Fsp3) is 0.700. The lowest BCUT2D eigenvalue weighted by atomic mass is 9.75. The van der Waals surface area contributed by atoms with Crippen molar-refractivity contribution in [2.45, 2.75) is 31.4 Å². The molecular weight excluding hydrogens is 164 g/mol. The molecular formula is C10H14N2O. The summed E-state index contributed by atoms with van der Waals surface area (Å²) in [6.45, 7) is 3.12. The minimum atomic E-state index is -0.424. The Labute approximate surface area is 79.1 Å². The molecule has 1 fully saturated rings. The van der Waals surface area contributed by atoms with Crippen LogP contribution in [-0.2, 0) is 4.74 Å². The highest BCUT2D eigenvalue weighted by molar-refractivity contribution is 5.17. The topological polar surface area (TPSA) is 45.0 Å². The van der Waals surface area contributed by atoms with E-state index < -0.39 is 5.54 Å². The molecule has 0 aromatic carbocycles. The molecule has 0 amide bonds. The molecule has 0 radical (unpaired) electrons. The highest BCUT2D eigenvalue weighted by atomic mass is 16.5. The van der Waals surface area contributed by atoms with E-state index in [9.17, 15) is 0 Å². The molecule has 1 rings (SSSR count). The van der Waals surface area contributed by atoms with Gasteiger partial charge in [0.05, 0.1) is 18.7 Å². The van der Waals surface area contributed by atoms with Crippen molar-refractivity contribution in [1.29, 1.82) is 5.26 Å². The normalized spacial score (nSPS) is 31.5. The molecule has 3 heteroatoms. The van der Waals surface area contributed by atoms with Crippen molar-refractivity contribution >= 4 is 0 Å². The molecule has 3 nitrogen and oxygen atoms in total. The maximum absolute atomic E-state index is 8.91. The molecule has 0 aromatic heterocycles. The smallest absolute Gasteiger partial charge is 0.112 e. The van der Waals surface area contributed by atoms with Gasteiger partial charge in [-0.25, -0.2) is 0 Å². The summed E-state index contributed by atoms with van der Waals surface area (Å²) < 4.78 is 5.37. The summed E-state index contributed by atoms with van der Waals surface area (Å²) in [6, 6.07) is 2.25. The zero-order valence-corrected chi connectivity index (χ0v) is 7.84. The maximum atomic E-state index is 8.91. The number of terminal acetylenes is 1. The van der Waals surface area contributed by atoms with Crippen LogP contribution in [0.25, 0.3) is 0 Å². The van der Waals surface area contributed by atoms with Gasteiger partial charge in [0.15, 0.2) is 0 Å². The fourth-order valence-electron chi connectivity index (χ4n) is 1.57. The Morgan fingerprint density at radius 3 is 2.85 bits per heavy atom. The molecule has 0 aliphatic heterocycles. The first-order valence-corrected chi connectivity index (χ1v) is 4.47. The zero-order chi connectivity index (χ0) is 9.73. The predicted octanol–water partition coefficient (Wildman–Crippen LogP) is 0.670. The molecule has 70 valence electrons. The second-order valence-corrected chi connectivity index (χ2v) is 3.24. The molecule has 13 heavy (non-hydrogen) atoms. The number of hydrogen-bond donors (Lipinski definition) is 1. The van der Waals surface area contributed by atoms with E-state index in [-0.39, 0.29) is 6.10 Å². The molecule has 1 saturated carbocycles. The molecule has 0 heterocycles. The summed E-state index contributed by atoms with van der Waals surface area (Å²) in [6.07, 6.45) is 6.84. The van der Waals surface area contributed by atoms with E-state index in [2.05, 4.69) is 17.3 Å². The SMILES string of the molecule is C#CCNC1(C#N)CC(OCC)C1. The van der Waals surface area contributed by atoms with Gasteiger partial charge >= 0.3 is 0 Å². The largest absolute Gasteiger partial charge is 0.378 e. The summed E-state index contributed by atoms with van der Waals surface area (Å²) in [7, 11) is 0. The van der Waals surface area contributed by atoms with E-state index in [1.54, 1.807) is 0 Å². The van der Waals surface area contributed by atoms with Gasteiger partial charge in [-0.15, -0.1) is 6.42 Å². The molecule has 0 aromatic rings. The number of nitrogens with one attached hydrogen (secondary N) is 1. The number of nitriles is 1. The van der Waals surface area contributed by atoms with Crippen LogP contribution in [0.15, 0.2) is 0 Å². The number of rotatable bonds is 4. The first kappa shape index (κ1) is 10.1. The average molecular weight is 178 g/mol. The van der Waals surface area contributed by atoms with Crippen molar-refractivity contribution in [3.63, 3.8) is 0 Å². The van der Waals surface area contributed by atoms with Crippen molar-refractivity contribution in [2.24, 2.45) is 0 Å². The second kappa shape index (κ2) is 4.28. The van der Waals surface area contributed by atoms with Crippen LogP contribution in [0.2, 0.25) is 0 Å². The van der Waals surface area contributed by atoms with Gasteiger partial charge in [0, 0.05) is 19.4 Å². The summed E-state index contributed by atoms with van der Waals surface area (Å²) in [5.41, 5.74) is -0.424. The number of ether oxygens (including phenoxy) is 1. The highest BCUT2D eigenvalue weighted by Gasteiger charge is 2.44. The van der Waals surface area contributed by atoms with Crippen molar-refractivity contribution in [1.82, 2.24) is 5.32 Å². The van der Waals surface area contributed by atoms with Crippen LogP contribution < -0.4 is 5.32 Å². The lowest BCUT2D eigenvalue weighted by molar-refractivity contribution is -0.0301. The van der Waals surface area contributed by atoms with Crippen LogP contribution in [0, 0.1) is 23.7 Å². The van der Waals surface area contributed by atoms with Crippen molar-refractivity contribution in [3.05, 3.63) is 0 Å². The Hall–Kier alpha value is -1.03. The second-order valence-electron chi connectivity index (χ2n) is 3.24. The molecule has 1 aliphatic rings. The van der Waals surface area contributed by atoms with Crippen LogP contribution >= 0.6 is 0 Å².